The molecule has 0 N–H and O–H groups in total. The number of piperazine rings is 1. The van der Waals surface area contributed by atoms with Gasteiger partial charge in [-0.25, -0.2) is 8.42 Å². The Bertz CT molecular complexity index is 975. The molecule has 10 heteroatoms. The summed E-state index contributed by atoms with van der Waals surface area (Å²) < 4.78 is 28.9. The average molecular weight is 378 g/mol. The van der Waals surface area contributed by atoms with Gasteiger partial charge in [0.1, 0.15) is 10.0 Å². The molecule has 0 spiro atoms. The van der Waals surface area contributed by atoms with Crippen LogP contribution in [0.3, 0.4) is 0 Å². The molecule has 0 aromatic carbocycles. The van der Waals surface area contributed by atoms with E-state index in [4.69, 9.17) is 0 Å². The molecule has 0 radical (unpaired) electrons. The van der Waals surface area contributed by atoms with Crippen LogP contribution in [0.15, 0.2) is 33.9 Å². The second kappa shape index (κ2) is 6.36. The van der Waals surface area contributed by atoms with Crippen LogP contribution in [0, 0.1) is 0 Å². The zero-order valence-corrected chi connectivity index (χ0v) is 15.4. The SMILES string of the molecule is CCc1nnc2ccc(N3CCN(S(=O)(=O)c4cccs4)CC3)nn12. The fraction of sp³-hybridized carbons (Fsp3) is 0.400. The van der Waals surface area contributed by atoms with Crippen LogP contribution >= 0.6 is 11.3 Å². The van der Waals surface area contributed by atoms with Gasteiger partial charge < -0.3 is 4.90 Å². The van der Waals surface area contributed by atoms with Crippen LogP contribution < -0.4 is 4.90 Å². The summed E-state index contributed by atoms with van der Waals surface area (Å²) in [6, 6.07) is 7.22. The third kappa shape index (κ3) is 2.90. The maximum atomic E-state index is 12.6. The Morgan fingerprint density at radius 3 is 2.60 bits per heavy atom. The Hall–Kier alpha value is -2.04. The first-order valence-corrected chi connectivity index (χ1v) is 10.4. The molecule has 8 nitrogen and oxygen atoms in total. The molecule has 1 aliphatic rings. The number of aryl methyl sites for hydroxylation is 1. The molecule has 0 saturated carbocycles. The van der Waals surface area contributed by atoms with Gasteiger partial charge in [-0.1, -0.05) is 13.0 Å². The molecule has 0 aliphatic carbocycles. The van der Waals surface area contributed by atoms with Gasteiger partial charge in [-0.3, -0.25) is 0 Å². The lowest BCUT2D eigenvalue weighted by molar-refractivity contribution is 0.384. The van der Waals surface area contributed by atoms with Crippen LogP contribution in [0.5, 0.6) is 0 Å². The molecular weight excluding hydrogens is 360 g/mol. The van der Waals surface area contributed by atoms with Gasteiger partial charge in [0.05, 0.1) is 0 Å². The Balaban J connectivity index is 1.52. The van der Waals surface area contributed by atoms with E-state index in [0.29, 0.717) is 30.4 Å². The van der Waals surface area contributed by atoms with Gasteiger partial charge in [-0.2, -0.15) is 8.82 Å². The highest BCUT2D eigenvalue weighted by Gasteiger charge is 2.29. The predicted octanol–water partition coefficient (Wildman–Crippen LogP) is 1.26. The monoisotopic (exact) mass is 378 g/mol. The van der Waals surface area contributed by atoms with Crippen molar-refractivity contribution in [3.05, 3.63) is 35.5 Å². The number of thiophene rings is 1. The summed E-state index contributed by atoms with van der Waals surface area (Å²) in [7, 11) is -3.38. The molecule has 1 aliphatic heterocycles. The number of fused-ring (bicyclic) bond motifs is 1. The van der Waals surface area contributed by atoms with E-state index in [1.807, 2.05) is 19.1 Å². The maximum Gasteiger partial charge on any atom is 0.252 e. The van der Waals surface area contributed by atoms with Crippen molar-refractivity contribution >= 4 is 32.8 Å². The summed E-state index contributed by atoms with van der Waals surface area (Å²) in [5.74, 6) is 1.63. The zero-order chi connectivity index (χ0) is 17.4. The molecule has 0 atom stereocenters. The number of nitrogens with zero attached hydrogens (tertiary/aromatic N) is 6. The summed E-state index contributed by atoms with van der Waals surface area (Å²) in [5, 5.41) is 14.6. The van der Waals surface area contributed by atoms with Crippen molar-refractivity contribution in [1.29, 1.82) is 0 Å². The molecule has 1 saturated heterocycles. The summed E-state index contributed by atoms with van der Waals surface area (Å²) in [6.45, 7) is 4.12. The van der Waals surface area contributed by atoms with E-state index in [-0.39, 0.29) is 0 Å². The molecule has 132 valence electrons. The molecule has 3 aromatic rings. The standard InChI is InChI=1S/C15H18N6O2S2/c1-2-12-16-17-13-5-6-14(18-21(12)13)19-7-9-20(10-8-19)25(22,23)15-4-3-11-24-15/h3-6,11H,2,7-10H2,1H3. The highest BCUT2D eigenvalue weighted by Crippen LogP contribution is 2.23. The fourth-order valence-electron chi connectivity index (χ4n) is 2.91. The Kier molecular flexibility index (Phi) is 4.18. The molecule has 25 heavy (non-hydrogen) atoms. The Morgan fingerprint density at radius 1 is 1.12 bits per heavy atom. The highest BCUT2D eigenvalue weighted by molar-refractivity contribution is 7.91. The summed E-state index contributed by atoms with van der Waals surface area (Å²) in [6.07, 6.45) is 0.754. The van der Waals surface area contributed by atoms with Gasteiger partial charge in [0, 0.05) is 32.6 Å². The minimum absolute atomic E-state index is 0.401. The first-order chi connectivity index (χ1) is 12.1. The number of sulfonamides is 1. The average Bonchev–Trinajstić information content (AvgIpc) is 3.31. The molecule has 0 amide bonds. The molecule has 3 aromatic heterocycles. The fourth-order valence-corrected chi connectivity index (χ4v) is 5.47. The van der Waals surface area contributed by atoms with Crippen molar-refractivity contribution in [1.82, 2.24) is 24.1 Å². The number of aromatic nitrogens is 4. The van der Waals surface area contributed by atoms with Crippen molar-refractivity contribution in [3.8, 4) is 0 Å². The minimum Gasteiger partial charge on any atom is -0.353 e. The first-order valence-electron chi connectivity index (χ1n) is 8.09. The highest BCUT2D eigenvalue weighted by atomic mass is 32.2. The Morgan fingerprint density at radius 2 is 1.92 bits per heavy atom. The molecule has 4 rings (SSSR count). The molecular formula is C15H18N6O2S2. The van der Waals surface area contributed by atoms with Crippen LogP contribution in [-0.4, -0.2) is 58.7 Å². The smallest absolute Gasteiger partial charge is 0.252 e. The molecule has 0 bridgehead atoms. The minimum atomic E-state index is -3.38. The summed E-state index contributed by atoms with van der Waals surface area (Å²) in [5.41, 5.74) is 0.722. The normalized spacial score (nSPS) is 16.6. The van der Waals surface area contributed by atoms with Gasteiger partial charge in [0.15, 0.2) is 11.5 Å². The van der Waals surface area contributed by atoms with Crippen LogP contribution in [0.4, 0.5) is 5.82 Å². The number of hydrogen-bond donors (Lipinski definition) is 0. The van der Waals surface area contributed by atoms with Gasteiger partial charge in [-0.05, 0) is 23.6 Å². The van der Waals surface area contributed by atoms with Gasteiger partial charge in [0.2, 0.25) is 0 Å². The second-order valence-electron chi connectivity index (χ2n) is 5.75. The van der Waals surface area contributed by atoms with Gasteiger partial charge in [0.25, 0.3) is 10.0 Å². The van der Waals surface area contributed by atoms with Gasteiger partial charge in [-0.15, -0.1) is 26.6 Å². The number of hydrogen-bond acceptors (Lipinski definition) is 7. The van der Waals surface area contributed by atoms with Crippen molar-refractivity contribution in [2.24, 2.45) is 0 Å². The van der Waals surface area contributed by atoms with Crippen LogP contribution in [-0.2, 0) is 16.4 Å². The Labute approximate surface area is 149 Å². The van der Waals surface area contributed by atoms with E-state index in [1.165, 1.54) is 11.3 Å². The van der Waals surface area contributed by atoms with Crippen LogP contribution in [0.25, 0.3) is 5.65 Å². The molecule has 0 unspecified atom stereocenters. The van der Waals surface area contributed by atoms with Crippen molar-refractivity contribution < 1.29 is 8.42 Å². The van der Waals surface area contributed by atoms with Gasteiger partial charge >= 0.3 is 0 Å². The van der Waals surface area contributed by atoms with E-state index in [0.717, 1.165) is 23.7 Å². The van der Waals surface area contributed by atoms with Crippen molar-refractivity contribution in [2.75, 3.05) is 31.1 Å². The second-order valence-corrected chi connectivity index (χ2v) is 8.87. The van der Waals surface area contributed by atoms with Crippen molar-refractivity contribution in [2.45, 2.75) is 17.6 Å². The lowest BCUT2D eigenvalue weighted by atomic mass is 10.3. The number of anilines is 1. The third-order valence-corrected chi connectivity index (χ3v) is 7.55. The molecule has 1 fully saturated rings. The quantitative estimate of drug-likeness (QED) is 0.680. The lowest BCUT2D eigenvalue weighted by Crippen LogP contribution is -2.48. The molecule has 4 heterocycles. The van der Waals surface area contributed by atoms with Crippen LogP contribution in [0.1, 0.15) is 12.7 Å². The first kappa shape index (κ1) is 16.4. The van der Waals surface area contributed by atoms with Crippen molar-refractivity contribution in [3.63, 3.8) is 0 Å². The van der Waals surface area contributed by atoms with E-state index in [9.17, 15) is 8.42 Å². The van der Waals surface area contributed by atoms with E-state index < -0.39 is 10.0 Å². The maximum absolute atomic E-state index is 12.6. The zero-order valence-electron chi connectivity index (χ0n) is 13.7. The third-order valence-electron chi connectivity index (χ3n) is 4.28. The van der Waals surface area contributed by atoms with E-state index in [1.54, 1.807) is 26.3 Å². The largest absolute Gasteiger partial charge is 0.353 e. The number of rotatable bonds is 4. The summed E-state index contributed by atoms with van der Waals surface area (Å²) >= 11 is 1.25. The van der Waals surface area contributed by atoms with E-state index >= 15 is 0 Å². The summed E-state index contributed by atoms with van der Waals surface area (Å²) in [4.78, 5) is 2.10. The van der Waals surface area contributed by atoms with Crippen LogP contribution in [0.2, 0.25) is 0 Å². The van der Waals surface area contributed by atoms with E-state index in [2.05, 4.69) is 20.2 Å². The predicted molar refractivity (Wildman–Crippen MR) is 95.5 cm³/mol. The topological polar surface area (TPSA) is 83.7 Å². The lowest BCUT2D eigenvalue weighted by Gasteiger charge is -2.34.